The second-order valence-corrected chi connectivity index (χ2v) is 14.2. The summed E-state index contributed by atoms with van der Waals surface area (Å²) in [5, 5.41) is 11.8. The van der Waals surface area contributed by atoms with Gasteiger partial charge in [0, 0.05) is 92.1 Å². The number of pyridine rings is 1. The Bertz CT molecular complexity index is 1890. The minimum atomic E-state index is -3.67. The predicted octanol–water partition coefficient (Wildman–Crippen LogP) is 5.25. The smallest absolute Gasteiger partial charge is 0.335 e. The fraction of sp³-hybridized carbons (Fsp3) is 0.343. The van der Waals surface area contributed by atoms with E-state index in [-0.39, 0.29) is 18.3 Å². The Balaban J connectivity index is 0.000000386. The summed E-state index contributed by atoms with van der Waals surface area (Å²) in [6, 6.07) is 18.7. The number of likely N-dealkylation sites (N-methyl/N-ethyl adjacent to an activating group) is 1. The van der Waals surface area contributed by atoms with Crippen LogP contribution in [-0.2, 0) is 16.7 Å². The van der Waals surface area contributed by atoms with E-state index in [1.807, 2.05) is 67.6 Å². The molecule has 1 fully saturated rings. The van der Waals surface area contributed by atoms with Crippen LogP contribution in [0.4, 0.5) is 22.1 Å². The molecule has 16 nitrogen and oxygen atoms in total. The molecule has 0 radical (unpaired) electrons. The number of amides is 3. The topological polar surface area (TPSA) is 202 Å². The minimum Gasteiger partial charge on any atom is -0.335 e. The Kier molecular flexibility index (Phi) is 18.1. The summed E-state index contributed by atoms with van der Waals surface area (Å²) >= 11 is 10.6. The Morgan fingerprint density at radius 1 is 1.00 bits per heavy atom. The van der Waals surface area contributed by atoms with Crippen LogP contribution in [0.15, 0.2) is 84.5 Å². The van der Waals surface area contributed by atoms with Crippen molar-refractivity contribution < 1.29 is 22.6 Å². The maximum Gasteiger partial charge on any atom is 0.340 e. The van der Waals surface area contributed by atoms with Gasteiger partial charge >= 0.3 is 6.03 Å². The third-order valence-electron chi connectivity index (χ3n) is 7.57. The van der Waals surface area contributed by atoms with Gasteiger partial charge in [-0.25, -0.2) is 14.8 Å². The van der Waals surface area contributed by atoms with Crippen molar-refractivity contribution in [3.05, 3.63) is 101 Å². The summed E-state index contributed by atoms with van der Waals surface area (Å²) in [5.41, 5.74) is 6.08. The maximum absolute atomic E-state index is 12.9. The number of benzene rings is 2. The summed E-state index contributed by atoms with van der Waals surface area (Å²) < 4.78 is 25.9. The van der Waals surface area contributed by atoms with Crippen LogP contribution in [0.3, 0.4) is 0 Å². The van der Waals surface area contributed by atoms with Crippen LogP contribution < -0.4 is 16.0 Å². The highest BCUT2D eigenvalue weighted by Gasteiger charge is 2.15. The van der Waals surface area contributed by atoms with Crippen molar-refractivity contribution in [1.29, 1.82) is 0 Å². The summed E-state index contributed by atoms with van der Waals surface area (Å²) in [6.07, 6.45) is 5.93. The molecule has 2 aromatic carbocycles. The molecule has 1 saturated heterocycles. The minimum absolute atomic E-state index is 0.0964. The Hall–Kier alpha value is -4.78. The first-order chi connectivity index (χ1) is 25.8. The Morgan fingerprint density at radius 2 is 1.70 bits per heavy atom. The van der Waals surface area contributed by atoms with Gasteiger partial charge in [-0.3, -0.25) is 19.2 Å². The molecule has 4 aromatic rings. The summed E-state index contributed by atoms with van der Waals surface area (Å²) in [5.74, 6) is 0.791. The van der Waals surface area contributed by atoms with E-state index in [1.165, 1.54) is 5.56 Å². The number of nitrogens with zero attached hydrogens (tertiary/aromatic N) is 7. The second kappa shape index (κ2) is 22.4. The highest BCUT2D eigenvalue weighted by molar-refractivity contribution is 7.85. The van der Waals surface area contributed by atoms with Crippen LogP contribution in [0.5, 0.6) is 0 Å². The Morgan fingerprint density at radius 3 is 2.31 bits per heavy atom. The van der Waals surface area contributed by atoms with E-state index in [1.54, 1.807) is 18.6 Å². The molecule has 2 aromatic heterocycles. The van der Waals surface area contributed by atoms with Crippen LogP contribution in [0.2, 0.25) is 0 Å². The molecule has 290 valence electrons. The zero-order chi connectivity index (χ0) is 39.5. The van der Waals surface area contributed by atoms with Gasteiger partial charge in [-0.15, -0.1) is 28.1 Å². The second-order valence-electron chi connectivity index (χ2n) is 11.9. The van der Waals surface area contributed by atoms with Crippen LogP contribution in [-0.4, -0.2) is 119 Å². The first-order valence-corrected chi connectivity index (χ1v) is 19.6. The molecular formula is C35H44Cl2N10O6S. The molecule has 5 rings (SSSR count). The number of carbonyl (C=O) groups is 2. The van der Waals surface area contributed by atoms with Gasteiger partial charge in [-0.05, 0) is 67.6 Å². The zero-order valence-corrected chi connectivity index (χ0v) is 32.5. The number of halogens is 2. The number of piperazine rings is 1. The van der Waals surface area contributed by atoms with Crippen molar-refractivity contribution in [1.82, 2.24) is 35.1 Å². The van der Waals surface area contributed by atoms with Gasteiger partial charge in [0.15, 0.2) is 0 Å². The monoisotopic (exact) mass is 802 g/mol. The number of carbonyl (C=O) groups excluding carboxylic acids is 2. The normalized spacial score (nSPS) is 12.9. The molecule has 0 spiro atoms. The molecule has 0 saturated carbocycles. The number of alkyl halides is 2. The lowest BCUT2D eigenvalue weighted by Gasteiger charge is -2.32. The van der Waals surface area contributed by atoms with E-state index in [4.69, 9.17) is 27.8 Å². The molecule has 1 aliphatic rings. The van der Waals surface area contributed by atoms with E-state index in [0.717, 1.165) is 55.2 Å². The van der Waals surface area contributed by atoms with Crippen molar-refractivity contribution in [2.75, 3.05) is 75.0 Å². The van der Waals surface area contributed by atoms with E-state index >= 15 is 0 Å². The van der Waals surface area contributed by atoms with Gasteiger partial charge in [-0.1, -0.05) is 18.2 Å². The molecule has 19 heteroatoms. The molecule has 1 aliphatic heterocycles. The predicted molar refractivity (Wildman–Crippen MR) is 212 cm³/mol. The first kappa shape index (κ1) is 43.6. The third-order valence-corrected chi connectivity index (χ3v) is 7.93. The van der Waals surface area contributed by atoms with E-state index in [9.17, 15) is 22.9 Å². The zero-order valence-electron chi connectivity index (χ0n) is 30.2. The fourth-order valence-corrected chi connectivity index (χ4v) is 5.04. The van der Waals surface area contributed by atoms with Crippen molar-refractivity contribution in [2.45, 2.75) is 13.5 Å². The lowest BCUT2D eigenvalue weighted by molar-refractivity contribution is 0.102. The van der Waals surface area contributed by atoms with Crippen molar-refractivity contribution in [3.63, 3.8) is 0 Å². The summed E-state index contributed by atoms with van der Waals surface area (Å²) in [7, 11) is -1.51. The lowest BCUT2D eigenvalue weighted by atomic mass is 10.1. The van der Waals surface area contributed by atoms with E-state index < -0.39 is 16.1 Å². The average Bonchev–Trinajstić information content (AvgIpc) is 3.15. The molecule has 54 heavy (non-hydrogen) atoms. The number of hydrogen-bond donors (Lipinski definition) is 4. The van der Waals surface area contributed by atoms with E-state index in [2.05, 4.69) is 53.0 Å². The number of urea groups is 1. The van der Waals surface area contributed by atoms with Gasteiger partial charge in [-0.2, -0.15) is 13.4 Å². The number of aryl methyl sites for hydroxylation is 1. The van der Waals surface area contributed by atoms with Gasteiger partial charge in [0.25, 0.3) is 16.0 Å². The van der Waals surface area contributed by atoms with Crippen LogP contribution in [0.1, 0.15) is 21.5 Å². The standard InChI is InChI=1S/C29H31N7O.C5H9Cl2N3O2.CH4O3S/c1-21-5-10-25(18-27(21)34-29-31-13-11-26(33-29)24-4-3-12-30-19-24)32-28(37)23-8-6-22(7-9-23)20-36-16-14-35(2)15-17-36;6-1-3-8-5(11)10(9-12)4-2-7;1-5(2,3)4/h3-13,18-19H,14-17,20H2,1-2H3,(H,32,37)(H,31,33,34);1-4H2,(H,8,11);1H3,(H,2,3,4). The number of anilines is 3. The van der Waals surface area contributed by atoms with Gasteiger partial charge < -0.3 is 20.9 Å². The molecule has 3 amide bonds. The molecule has 0 atom stereocenters. The van der Waals surface area contributed by atoms with Crippen molar-refractivity contribution >= 4 is 62.6 Å². The fourth-order valence-electron chi connectivity index (χ4n) is 4.78. The van der Waals surface area contributed by atoms with Gasteiger partial charge in [0.2, 0.25) is 5.95 Å². The number of nitroso groups, excluding NO2 is 1. The number of nitrogens with one attached hydrogen (secondary N) is 3. The molecule has 3 heterocycles. The molecular weight excluding hydrogens is 759 g/mol. The molecule has 0 bridgehead atoms. The SMILES string of the molecule is CS(=O)(=O)O.Cc1ccc(NC(=O)c2ccc(CN3CCN(C)CC3)cc2)cc1Nc1nccc(-c2cccnc2)n1.O=NN(CCCl)C(=O)NCCCl. The first-order valence-electron chi connectivity index (χ1n) is 16.6. The largest absolute Gasteiger partial charge is 0.340 e. The van der Waals surface area contributed by atoms with Crippen LogP contribution in [0, 0.1) is 11.8 Å². The highest BCUT2D eigenvalue weighted by Crippen LogP contribution is 2.25. The number of aromatic nitrogens is 3. The van der Waals surface area contributed by atoms with Crippen LogP contribution >= 0.6 is 23.2 Å². The molecule has 0 unspecified atom stereocenters. The summed E-state index contributed by atoms with van der Waals surface area (Å²) in [4.78, 5) is 51.8. The quantitative estimate of drug-likeness (QED) is 0.0628. The highest BCUT2D eigenvalue weighted by atomic mass is 35.5. The number of rotatable bonds is 12. The third kappa shape index (κ3) is 16.1. The van der Waals surface area contributed by atoms with E-state index in [0.29, 0.717) is 40.9 Å². The maximum atomic E-state index is 12.9. The number of hydrogen-bond acceptors (Lipinski definition) is 12. The summed E-state index contributed by atoms with van der Waals surface area (Å²) in [6.45, 7) is 7.63. The van der Waals surface area contributed by atoms with Crippen molar-refractivity contribution in [3.8, 4) is 11.3 Å². The molecule has 4 N–H and O–H groups in total. The lowest BCUT2D eigenvalue weighted by Crippen LogP contribution is -2.43. The van der Waals surface area contributed by atoms with Crippen LogP contribution in [0.25, 0.3) is 11.3 Å². The van der Waals surface area contributed by atoms with Crippen molar-refractivity contribution in [2.24, 2.45) is 5.29 Å². The Labute approximate surface area is 325 Å². The molecule has 0 aliphatic carbocycles. The van der Waals surface area contributed by atoms with Gasteiger partial charge in [0.05, 0.1) is 23.8 Å². The average molecular weight is 804 g/mol. The van der Waals surface area contributed by atoms with Gasteiger partial charge in [0.1, 0.15) is 0 Å².